The second-order valence-electron chi connectivity index (χ2n) is 6.26. The highest BCUT2D eigenvalue weighted by atomic mass is 32.1. The summed E-state index contributed by atoms with van der Waals surface area (Å²) in [5.41, 5.74) is 4.24. The van der Waals surface area contributed by atoms with Crippen LogP contribution < -0.4 is 5.32 Å². The molecule has 0 fully saturated rings. The first-order chi connectivity index (χ1) is 11.9. The second-order valence-corrected chi connectivity index (χ2v) is 7.37. The molecule has 2 aromatic rings. The van der Waals surface area contributed by atoms with Crippen molar-refractivity contribution in [3.05, 3.63) is 50.9 Å². The van der Waals surface area contributed by atoms with Crippen LogP contribution in [0.4, 0.5) is 5.00 Å². The van der Waals surface area contributed by atoms with Crippen LogP contribution in [0.1, 0.15) is 44.4 Å². The number of anilines is 1. The molecule has 1 aromatic heterocycles. The molecule has 5 nitrogen and oxygen atoms in total. The molecule has 0 unspecified atom stereocenters. The van der Waals surface area contributed by atoms with Gasteiger partial charge in [0.05, 0.1) is 12.1 Å². The van der Waals surface area contributed by atoms with E-state index in [0.29, 0.717) is 35.6 Å². The Morgan fingerprint density at radius 2 is 2.04 bits per heavy atom. The fourth-order valence-electron chi connectivity index (χ4n) is 2.94. The number of carbonyl (C=O) groups is 2. The number of fused-ring (bicyclic) bond motifs is 1. The molecule has 3 rings (SSSR count). The van der Waals surface area contributed by atoms with Crippen molar-refractivity contribution in [2.75, 3.05) is 11.9 Å². The van der Waals surface area contributed by atoms with Crippen LogP contribution in [0.15, 0.2) is 18.2 Å². The maximum absolute atomic E-state index is 12.6. The minimum absolute atomic E-state index is 0.0262. The van der Waals surface area contributed by atoms with Gasteiger partial charge in [0.2, 0.25) is 5.91 Å². The molecule has 0 saturated carbocycles. The van der Waals surface area contributed by atoms with Crippen LogP contribution >= 0.6 is 11.3 Å². The highest BCUT2D eigenvalue weighted by Gasteiger charge is 2.26. The summed E-state index contributed by atoms with van der Waals surface area (Å²) in [7, 11) is 0. The Morgan fingerprint density at radius 3 is 2.68 bits per heavy atom. The monoisotopic (exact) mass is 353 g/mol. The lowest BCUT2D eigenvalue weighted by Crippen LogP contribution is -2.33. The van der Waals surface area contributed by atoms with E-state index in [4.69, 9.17) is 0 Å². The van der Waals surface area contributed by atoms with Gasteiger partial charge in [0.15, 0.2) is 0 Å². The van der Waals surface area contributed by atoms with Crippen LogP contribution in [-0.4, -0.2) is 23.3 Å². The van der Waals surface area contributed by atoms with Gasteiger partial charge in [-0.3, -0.25) is 9.59 Å². The van der Waals surface area contributed by atoms with Crippen molar-refractivity contribution in [2.24, 2.45) is 0 Å². The van der Waals surface area contributed by atoms with Crippen molar-refractivity contribution in [1.82, 2.24) is 4.90 Å². The van der Waals surface area contributed by atoms with Gasteiger partial charge >= 0.3 is 0 Å². The van der Waals surface area contributed by atoms with Gasteiger partial charge in [-0.15, -0.1) is 11.3 Å². The van der Waals surface area contributed by atoms with Crippen molar-refractivity contribution < 1.29 is 9.59 Å². The highest BCUT2D eigenvalue weighted by molar-refractivity contribution is 7.16. The van der Waals surface area contributed by atoms with Crippen molar-refractivity contribution in [2.45, 2.75) is 33.7 Å². The Labute approximate surface area is 150 Å². The number of hydrogen-bond donors (Lipinski definition) is 1. The van der Waals surface area contributed by atoms with E-state index in [-0.39, 0.29) is 11.8 Å². The fraction of sp³-hybridized carbons (Fsp3) is 0.316. The van der Waals surface area contributed by atoms with Crippen LogP contribution in [0.3, 0.4) is 0 Å². The van der Waals surface area contributed by atoms with E-state index < -0.39 is 0 Å². The summed E-state index contributed by atoms with van der Waals surface area (Å²) in [6.07, 6.45) is 0.647. The van der Waals surface area contributed by atoms with E-state index in [1.807, 2.05) is 26.0 Å². The lowest BCUT2D eigenvalue weighted by atomic mass is 10.0. The molecule has 128 valence electrons. The largest absolute Gasteiger partial charge is 0.337 e. The third-order valence-electron chi connectivity index (χ3n) is 4.61. The molecule has 0 radical (unpaired) electrons. The molecule has 1 aliphatic rings. The molecule has 0 bridgehead atoms. The van der Waals surface area contributed by atoms with E-state index in [2.05, 4.69) is 11.4 Å². The van der Waals surface area contributed by atoms with Crippen LogP contribution in [0, 0.1) is 25.2 Å². The Bertz CT molecular complexity index is 908. The van der Waals surface area contributed by atoms with Gasteiger partial charge in [-0.25, -0.2) is 0 Å². The van der Waals surface area contributed by atoms with Crippen LogP contribution in [-0.2, 0) is 17.8 Å². The summed E-state index contributed by atoms with van der Waals surface area (Å²) >= 11 is 1.39. The number of rotatable bonds is 2. The quantitative estimate of drug-likeness (QED) is 0.899. The van der Waals surface area contributed by atoms with E-state index >= 15 is 0 Å². The van der Waals surface area contributed by atoms with Crippen molar-refractivity contribution in [3.63, 3.8) is 0 Å². The smallest absolute Gasteiger partial charge is 0.256 e. The van der Waals surface area contributed by atoms with Crippen LogP contribution in [0.25, 0.3) is 0 Å². The van der Waals surface area contributed by atoms with Gasteiger partial charge in [0.1, 0.15) is 11.1 Å². The maximum Gasteiger partial charge on any atom is 0.256 e. The summed E-state index contributed by atoms with van der Waals surface area (Å²) in [5.74, 6) is -0.195. The minimum Gasteiger partial charge on any atom is -0.337 e. The summed E-state index contributed by atoms with van der Waals surface area (Å²) in [6, 6.07) is 7.77. The molecular weight excluding hydrogens is 334 g/mol. The van der Waals surface area contributed by atoms with E-state index in [9.17, 15) is 14.9 Å². The summed E-state index contributed by atoms with van der Waals surface area (Å²) < 4.78 is 0. The Kier molecular flexibility index (Phi) is 4.60. The standard InChI is InChI=1S/C19H19N3O2S/c1-11-4-5-14(8-12(11)2)18(24)21-19-16(9-20)15-6-7-22(13(3)23)10-17(15)25-19/h4-5,8H,6-7,10H2,1-3H3,(H,21,24). The van der Waals surface area contributed by atoms with Gasteiger partial charge in [-0.1, -0.05) is 6.07 Å². The number of nitrogens with one attached hydrogen (secondary N) is 1. The summed E-state index contributed by atoms with van der Waals surface area (Å²) in [4.78, 5) is 26.9. The molecule has 0 saturated heterocycles. The Balaban J connectivity index is 1.88. The first-order valence-electron chi connectivity index (χ1n) is 8.09. The number of amides is 2. The number of nitriles is 1. The molecule has 1 N–H and O–H groups in total. The lowest BCUT2D eigenvalue weighted by molar-refractivity contribution is -0.129. The molecule has 1 aliphatic heterocycles. The first-order valence-corrected chi connectivity index (χ1v) is 8.91. The Hall–Kier alpha value is -2.65. The van der Waals surface area contributed by atoms with Gasteiger partial charge in [-0.2, -0.15) is 5.26 Å². The van der Waals surface area contributed by atoms with Crippen LogP contribution in [0.5, 0.6) is 0 Å². The molecule has 2 heterocycles. The normalized spacial score (nSPS) is 13.1. The third-order valence-corrected chi connectivity index (χ3v) is 5.74. The van der Waals surface area contributed by atoms with Gasteiger partial charge < -0.3 is 10.2 Å². The molecule has 2 amide bonds. The zero-order chi connectivity index (χ0) is 18.1. The number of carbonyl (C=O) groups excluding carboxylic acids is 2. The van der Waals surface area contributed by atoms with Crippen molar-refractivity contribution in [3.8, 4) is 6.07 Å². The lowest BCUT2D eigenvalue weighted by Gasteiger charge is -2.25. The molecule has 1 aromatic carbocycles. The van der Waals surface area contributed by atoms with Gasteiger partial charge in [-0.05, 0) is 49.1 Å². The predicted octanol–water partition coefficient (Wildman–Crippen LogP) is 3.39. The van der Waals surface area contributed by atoms with E-state index in [1.54, 1.807) is 17.9 Å². The molecule has 0 aliphatic carbocycles. The summed E-state index contributed by atoms with van der Waals surface area (Å²) in [5, 5.41) is 13.0. The highest BCUT2D eigenvalue weighted by Crippen LogP contribution is 2.36. The summed E-state index contributed by atoms with van der Waals surface area (Å²) in [6.45, 7) is 6.62. The van der Waals surface area contributed by atoms with Gasteiger partial charge in [0, 0.05) is 23.9 Å². The molecule has 0 atom stereocenters. The topological polar surface area (TPSA) is 73.2 Å². The molecular formula is C19H19N3O2S. The van der Waals surface area contributed by atoms with Crippen molar-refractivity contribution in [1.29, 1.82) is 5.26 Å². The fourth-order valence-corrected chi connectivity index (χ4v) is 4.15. The molecule has 0 spiro atoms. The zero-order valence-corrected chi connectivity index (χ0v) is 15.3. The molecule has 25 heavy (non-hydrogen) atoms. The Morgan fingerprint density at radius 1 is 1.28 bits per heavy atom. The average Bonchev–Trinajstić information content (AvgIpc) is 2.93. The number of aryl methyl sites for hydroxylation is 2. The second kappa shape index (κ2) is 6.69. The SMILES string of the molecule is CC(=O)N1CCc2c(sc(NC(=O)c3ccc(C)c(C)c3)c2C#N)C1. The van der Waals surface area contributed by atoms with E-state index in [0.717, 1.165) is 21.6 Å². The predicted molar refractivity (Wildman–Crippen MR) is 97.7 cm³/mol. The van der Waals surface area contributed by atoms with Crippen molar-refractivity contribution >= 4 is 28.2 Å². The van der Waals surface area contributed by atoms with Crippen LogP contribution in [0.2, 0.25) is 0 Å². The number of thiophene rings is 1. The first kappa shape index (κ1) is 17.2. The number of nitrogens with zero attached hydrogens (tertiary/aromatic N) is 2. The number of benzene rings is 1. The van der Waals surface area contributed by atoms with E-state index in [1.165, 1.54) is 11.3 Å². The zero-order valence-electron chi connectivity index (χ0n) is 14.5. The average molecular weight is 353 g/mol. The molecule has 6 heteroatoms. The van der Waals surface area contributed by atoms with Gasteiger partial charge in [0.25, 0.3) is 5.91 Å². The number of hydrogen-bond acceptors (Lipinski definition) is 4. The maximum atomic E-state index is 12.6. The third kappa shape index (κ3) is 3.28. The minimum atomic E-state index is -0.221.